The zero-order valence-corrected chi connectivity index (χ0v) is 11.6. The monoisotopic (exact) mass is 226 g/mol. The molecule has 0 aliphatic carbocycles. The number of rotatable bonds is 7. The summed E-state index contributed by atoms with van der Waals surface area (Å²) >= 11 is 0. The average Bonchev–Trinajstić information content (AvgIpc) is 2.69. The van der Waals surface area contributed by atoms with Crippen LogP contribution in [0.25, 0.3) is 0 Å². The second-order valence-electron chi connectivity index (χ2n) is 5.94. The first-order chi connectivity index (χ1) is 7.61. The van der Waals surface area contributed by atoms with Gasteiger partial charge in [-0.3, -0.25) is 4.90 Å². The Balaban J connectivity index is 2.22. The minimum atomic E-state index is 0.745. The summed E-state index contributed by atoms with van der Waals surface area (Å²) < 4.78 is 0. The Labute approximate surface area is 102 Å². The lowest BCUT2D eigenvalue weighted by atomic mass is 10.0. The van der Waals surface area contributed by atoms with Crippen LogP contribution in [-0.2, 0) is 0 Å². The van der Waals surface area contributed by atoms with E-state index in [-0.39, 0.29) is 0 Å². The summed E-state index contributed by atoms with van der Waals surface area (Å²) in [6.07, 6.45) is 4.09. The largest absolute Gasteiger partial charge is 0.315 e. The maximum Gasteiger partial charge on any atom is 0.0243 e. The minimum absolute atomic E-state index is 0.745. The van der Waals surface area contributed by atoms with Gasteiger partial charge >= 0.3 is 0 Å². The van der Waals surface area contributed by atoms with Crippen molar-refractivity contribution in [3.8, 4) is 0 Å². The molecular weight excluding hydrogens is 196 g/mol. The summed E-state index contributed by atoms with van der Waals surface area (Å²) in [6, 6.07) is 0.745. The van der Waals surface area contributed by atoms with Gasteiger partial charge in [0.1, 0.15) is 0 Å². The van der Waals surface area contributed by atoms with Gasteiger partial charge in [-0.2, -0.15) is 0 Å². The van der Waals surface area contributed by atoms with E-state index in [1.807, 2.05) is 0 Å². The summed E-state index contributed by atoms with van der Waals surface area (Å²) in [5.41, 5.74) is 0. The van der Waals surface area contributed by atoms with Crippen molar-refractivity contribution in [3.05, 3.63) is 0 Å². The Kier molecular flexibility index (Phi) is 6.37. The maximum atomic E-state index is 3.63. The van der Waals surface area contributed by atoms with E-state index in [1.54, 1.807) is 0 Å². The Morgan fingerprint density at radius 1 is 1.06 bits per heavy atom. The maximum absolute atomic E-state index is 3.63. The molecule has 0 saturated carbocycles. The molecule has 16 heavy (non-hydrogen) atoms. The average molecular weight is 226 g/mol. The van der Waals surface area contributed by atoms with Crippen LogP contribution in [0, 0.1) is 11.8 Å². The zero-order valence-electron chi connectivity index (χ0n) is 11.6. The lowest BCUT2D eigenvalue weighted by Crippen LogP contribution is -2.44. The summed E-state index contributed by atoms with van der Waals surface area (Å²) in [7, 11) is 0. The number of nitrogens with zero attached hydrogens (tertiary/aromatic N) is 1. The molecule has 96 valence electrons. The lowest BCUT2D eigenvalue weighted by Gasteiger charge is -2.31. The smallest absolute Gasteiger partial charge is 0.0243 e. The highest BCUT2D eigenvalue weighted by molar-refractivity contribution is 4.80. The second kappa shape index (κ2) is 7.29. The van der Waals surface area contributed by atoms with E-state index in [2.05, 4.69) is 37.9 Å². The van der Waals surface area contributed by atoms with Crippen LogP contribution >= 0.6 is 0 Å². The van der Waals surface area contributed by atoms with Crippen LogP contribution < -0.4 is 5.32 Å². The summed E-state index contributed by atoms with van der Waals surface area (Å²) in [6.45, 7) is 14.3. The molecule has 1 rings (SSSR count). The van der Waals surface area contributed by atoms with Crippen molar-refractivity contribution in [2.24, 2.45) is 11.8 Å². The van der Waals surface area contributed by atoms with Crippen molar-refractivity contribution in [2.45, 2.75) is 53.0 Å². The van der Waals surface area contributed by atoms with Crippen LogP contribution in [0.5, 0.6) is 0 Å². The van der Waals surface area contributed by atoms with Crippen molar-refractivity contribution >= 4 is 0 Å². The SMILES string of the molecule is CC(C)CCNCC(C(C)C)N1CCCC1. The molecule has 0 bridgehead atoms. The Morgan fingerprint density at radius 3 is 2.19 bits per heavy atom. The molecule has 0 spiro atoms. The molecule has 0 aromatic rings. The molecule has 1 fully saturated rings. The molecule has 2 nitrogen and oxygen atoms in total. The summed E-state index contributed by atoms with van der Waals surface area (Å²) in [4.78, 5) is 2.67. The molecule has 0 aromatic carbocycles. The first kappa shape index (κ1) is 14.0. The minimum Gasteiger partial charge on any atom is -0.315 e. The van der Waals surface area contributed by atoms with Gasteiger partial charge in [-0.25, -0.2) is 0 Å². The predicted molar refractivity (Wildman–Crippen MR) is 71.8 cm³/mol. The highest BCUT2D eigenvalue weighted by Crippen LogP contribution is 2.17. The van der Waals surface area contributed by atoms with Crippen molar-refractivity contribution in [3.63, 3.8) is 0 Å². The van der Waals surface area contributed by atoms with E-state index in [0.29, 0.717) is 0 Å². The quantitative estimate of drug-likeness (QED) is 0.672. The molecule has 2 heteroatoms. The molecule has 0 amide bonds. The third kappa shape index (κ3) is 4.84. The molecule has 1 saturated heterocycles. The topological polar surface area (TPSA) is 15.3 Å². The third-order valence-electron chi connectivity index (χ3n) is 3.63. The summed E-state index contributed by atoms with van der Waals surface area (Å²) in [5, 5.41) is 3.63. The van der Waals surface area contributed by atoms with E-state index in [1.165, 1.54) is 45.4 Å². The van der Waals surface area contributed by atoms with E-state index in [0.717, 1.165) is 17.9 Å². The molecule has 1 aliphatic rings. The Morgan fingerprint density at radius 2 is 1.69 bits per heavy atom. The Hall–Kier alpha value is -0.0800. The third-order valence-corrected chi connectivity index (χ3v) is 3.63. The molecule has 1 atom stereocenters. The molecule has 1 unspecified atom stereocenters. The fourth-order valence-corrected chi connectivity index (χ4v) is 2.50. The number of likely N-dealkylation sites (tertiary alicyclic amines) is 1. The van der Waals surface area contributed by atoms with Gasteiger partial charge in [0, 0.05) is 12.6 Å². The number of hydrogen-bond donors (Lipinski definition) is 1. The van der Waals surface area contributed by atoms with Crippen LogP contribution in [-0.4, -0.2) is 37.1 Å². The number of nitrogens with one attached hydrogen (secondary N) is 1. The van der Waals surface area contributed by atoms with Gasteiger partial charge in [-0.15, -0.1) is 0 Å². The van der Waals surface area contributed by atoms with Gasteiger partial charge in [0.2, 0.25) is 0 Å². The van der Waals surface area contributed by atoms with Gasteiger partial charge in [0.05, 0.1) is 0 Å². The van der Waals surface area contributed by atoms with Crippen LogP contribution in [0.4, 0.5) is 0 Å². The van der Waals surface area contributed by atoms with Crippen molar-refractivity contribution in [1.82, 2.24) is 10.2 Å². The van der Waals surface area contributed by atoms with Crippen molar-refractivity contribution in [1.29, 1.82) is 0 Å². The molecule has 1 heterocycles. The highest BCUT2D eigenvalue weighted by Gasteiger charge is 2.23. The van der Waals surface area contributed by atoms with Crippen molar-refractivity contribution < 1.29 is 0 Å². The van der Waals surface area contributed by atoms with Crippen molar-refractivity contribution in [2.75, 3.05) is 26.2 Å². The van der Waals surface area contributed by atoms with E-state index < -0.39 is 0 Å². The second-order valence-corrected chi connectivity index (χ2v) is 5.94. The summed E-state index contributed by atoms with van der Waals surface area (Å²) in [5.74, 6) is 1.58. The first-order valence-corrected chi connectivity index (χ1v) is 7.06. The van der Waals surface area contributed by atoms with E-state index in [9.17, 15) is 0 Å². The number of hydrogen-bond acceptors (Lipinski definition) is 2. The molecule has 0 radical (unpaired) electrons. The molecular formula is C14H30N2. The van der Waals surface area contributed by atoms with Gasteiger partial charge in [-0.1, -0.05) is 27.7 Å². The van der Waals surface area contributed by atoms with Crippen LogP contribution in [0.1, 0.15) is 47.0 Å². The fourth-order valence-electron chi connectivity index (χ4n) is 2.50. The molecule has 1 aliphatic heterocycles. The Bertz CT molecular complexity index is 172. The predicted octanol–water partition coefficient (Wildman–Crippen LogP) is 2.74. The normalized spacial score (nSPS) is 19.9. The van der Waals surface area contributed by atoms with Gasteiger partial charge in [0.15, 0.2) is 0 Å². The van der Waals surface area contributed by atoms with E-state index in [4.69, 9.17) is 0 Å². The first-order valence-electron chi connectivity index (χ1n) is 7.06. The fraction of sp³-hybridized carbons (Fsp3) is 1.00. The highest BCUT2D eigenvalue weighted by atomic mass is 15.2. The van der Waals surface area contributed by atoms with Crippen LogP contribution in [0.3, 0.4) is 0 Å². The van der Waals surface area contributed by atoms with Gasteiger partial charge in [0.25, 0.3) is 0 Å². The molecule has 1 N–H and O–H groups in total. The van der Waals surface area contributed by atoms with Crippen LogP contribution in [0.15, 0.2) is 0 Å². The zero-order chi connectivity index (χ0) is 12.0. The standard InChI is InChI=1S/C14H30N2/c1-12(2)7-8-15-11-14(13(3)4)16-9-5-6-10-16/h12-15H,5-11H2,1-4H3. The van der Waals surface area contributed by atoms with E-state index >= 15 is 0 Å². The van der Waals surface area contributed by atoms with Gasteiger partial charge < -0.3 is 5.32 Å². The van der Waals surface area contributed by atoms with Crippen LogP contribution in [0.2, 0.25) is 0 Å². The molecule has 0 aromatic heterocycles. The lowest BCUT2D eigenvalue weighted by molar-refractivity contribution is 0.186. The van der Waals surface area contributed by atoms with Gasteiger partial charge in [-0.05, 0) is 50.7 Å².